The van der Waals surface area contributed by atoms with E-state index in [0.717, 1.165) is 12.0 Å². The highest BCUT2D eigenvalue weighted by molar-refractivity contribution is 5.65. The molecule has 22 heavy (non-hydrogen) atoms. The molecule has 6 heteroatoms. The Morgan fingerprint density at radius 1 is 1.45 bits per heavy atom. The van der Waals surface area contributed by atoms with E-state index < -0.39 is 11.9 Å². The van der Waals surface area contributed by atoms with Gasteiger partial charge in [0.1, 0.15) is 11.9 Å². The first-order valence-corrected chi connectivity index (χ1v) is 7.34. The summed E-state index contributed by atoms with van der Waals surface area (Å²) in [6, 6.07) is 6.51. The van der Waals surface area contributed by atoms with Crippen LogP contribution in [0.25, 0.3) is 0 Å². The number of nitriles is 1. The lowest BCUT2D eigenvalue weighted by Gasteiger charge is -2.37. The molecule has 0 saturated carbocycles. The molecule has 0 bridgehead atoms. The Bertz CT molecular complexity index is 633. The van der Waals surface area contributed by atoms with Crippen LogP contribution in [0.3, 0.4) is 0 Å². The van der Waals surface area contributed by atoms with Crippen molar-refractivity contribution >= 4 is 6.09 Å². The summed E-state index contributed by atoms with van der Waals surface area (Å²) in [6.45, 7) is 1.46. The minimum absolute atomic E-state index is 0.0483. The van der Waals surface area contributed by atoms with Crippen molar-refractivity contribution in [3.8, 4) is 6.07 Å². The van der Waals surface area contributed by atoms with Gasteiger partial charge in [-0.25, -0.2) is 9.18 Å². The molecule has 0 aliphatic carbocycles. The Morgan fingerprint density at radius 2 is 2.18 bits per heavy atom. The van der Waals surface area contributed by atoms with Crippen LogP contribution >= 0.6 is 0 Å². The van der Waals surface area contributed by atoms with E-state index in [0.29, 0.717) is 32.5 Å². The van der Waals surface area contributed by atoms with Crippen molar-refractivity contribution in [3.05, 3.63) is 35.1 Å². The van der Waals surface area contributed by atoms with E-state index in [1.165, 1.54) is 17.0 Å². The summed E-state index contributed by atoms with van der Waals surface area (Å²) in [4.78, 5) is 12.4. The van der Waals surface area contributed by atoms with Gasteiger partial charge in [-0.15, -0.1) is 0 Å². The molecule has 5 nitrogen and oxygen atoms in total. The van der Waals surface area contributed by atoms with Crippen molar-refractivity contribution in [3.63, 3.8) is 0 Å². The van der Waals surface area contributed by atoms with Crippen LogP contribution in [0.5, 0.6) is 0 Å². The van der Waals surface area contributed by atoms with Gasteiger partial charge in [-0.2, -0.15) is 5.26 Å². The lowest BCUT2D eigenvalue weighted by Crippen LogP contribution is -2.45. The van der Waals surface area contributed by atoms with Gasteiger partial charge >= 0.3 is 6.09 Å². The maximum absolute atomic E-state index is 13.7. The molecule has 2 aliphatic heterocycles. The van der Waals surface area contributed by atoms with E-state index in [9.17, 15) is 9.18 Å². The Morgan fingerprint density at radius 3 is 2.77 bits per heavy atom. The Balaban J connectivity index is 1.69. The van der Waals surface area contributed by atoms with Crippen LogP contribution < -0.4 is 0 Å². The summed E-state index contributed by atoms with van der Waals surface area (Å²) in [6.07, 6.45) is 1.23. The number of carbonyl (C=O) groups is 1. The van der Waals surface area contributed by atoms with Gasteiger partial charge in [-0.05, 0) is 37.0 Å². The Labute approximate surface area is 127 Å². The highest BCUT2D eigenvalue weighted by Crippen LogP contribution is 2.42. The van der Waals surface area contributed by atoms with Crippen LogP contribution in [-0.2, 0) is 4.74 Å². The summed E-state index contributed by atoms with van der Waals surface area (Å²) >= 11 is 0. The van der Waals surface area contributed by atoms with Gasteiger partial charge in [-0.1, -0.05) is 6.07 Å². The fourth-order valence-corrected chi connectivity index (χ4v) is 3.39. The summed E-state index contributed by atoms with van der Waals surface area (Å²) in [7, 11) is 0. The first-order chi connectivity index (χ1) is 10.5. The largest absolute Gasteiger partial charge is 0.465 e. The van der Waals surface area contributed by atoms with Crippen molar-refractivity contribution < 1.29 is 19.0 Å². The molecule has 1 aromatic carbocycles. The van der Waals surface area contributed by atoms with Crippen LogP contribution in [-0.4, -0.2) is 41.4 Å². The lowest BCUT2D eigenvalue weighted by molar-refractivity contribution is -0.0394. The summed E-state index contributed by atoms with van der Waals surface area (Å²) in [5, 5.41) is 17.8. The Kier molecular flexibility index (Phi) is 3.75. The minimum atomic E-state index is -0.890. The molecule has 116 valence electrons. The van der Waals surface area contributed by atoms with Crippen molar-refractivity contribution in [2.75, 3.05) is 19.7 Å². The van der Waals surface area contributed by atoms with Gasteiger partial charge in [0.2, 0.25) is 0 Å². The van der Waals surface area contributed by atoms with E-state index in [1.807, 2.05) is 6.07 Å². The zero-order valence-corrected chi connectivity index (χ0v) is 12.1. The van der Waals surface area contributed by atoms with Crippen molar-refractivity contribution in [1.29, 1.82) is 5.26 Å². The molecule has 1 spiro atoms. The zero-order chi connectivity index (χ0) is 15.7. The molecule has 1 N–H and O–H groups in total. The molecule has 0 radical (unpaired) electrons. The quantitative estimate of drug-likeness (QED) is 0.865. The standard InChI is InChI=1S/C16H17FN2O3/c17-14-7-11(1-2-12(14)9-18)13-8-16(22-10-13)3-5-19(6-4-16)15(20)21/h1-2,7,13H,3-6,8,10H2,(H,20,21). The van der Waals surface area contributed by atoms with Crippen LogP contribution in [0.15, 0.2) is 18.2 Å². The molecule has 2 saturated heterocycles. The van der Waals surface area contributed by atoms with Gasteiger partial charge in [0, 0.05) is 19.0 Å². The number of carboxylic acid groups (broad SMARTS) is 1. The van der Waals surface area contributed by atoms with E-state index in [-0.39, 0.29) is 17.1 Å². The highest BCUT2D eigenvalue weighted by Gasteiger charge is 2.43. The molecular formula is C16H17FN2O3. The average molecular weight is 304 g/mol. The number of amides is 1. The number of nitrogens with zero attached hydrogens (tertiary/aromatic N) is 2. The number of ether oxygens (including phenoxy) is 1. The molecule has 2 heterocycles. The van der Waals surface area contributed by atoms with Gasteiger partial charge < -0.3 is 14.7 Å². The molecule has 3 rings (SSSR count). The number of halogens is 1. The SMILES string of the molecule is N#Cc1ccc(C2COC3(CCN(C(=O)O)CC3)C2)cc1F. The van der Waals surface area contributed by atoms with Gasteiger partial charge in [0.15, 0.2) is 0 Å². The molecule has 1 aromatic rings. The first kappa shape index (κ1) is 14.8. The molecular weight excluding hydrogens is 287 g/mol. The molecule has 1 unspecified atom stereocenters. The molecule has 0 aromatic heterocycles. The third-order valence-electron chi connectivity index (χ3n) is 4.74. The average Bonchev–Trinajstić information content (AvgIpc) is 2.91. The van der Waals surface area contributed by atoms with Crippen molar-refractivity contribution in [2.24, 2.45) is 0 Å². The summed E-state index contributed by atoms with van der Waals surface area (Å²) in [5.74, 6) is -0.403. The van der Waals surface area contributed by atoms with E-state index in [4.69, 9.17) is 15.1 Å². The van der Waals surface area contributed by atoms with Gasteiger partial charge in [0.25, 0.3) is 0 Å². The number of piperidine rings is 1. The van der Waals surface area contributed by atoms with Crippen LogP contribution in [0, 0.1) is 17.1 Å². The maximum Gasteiger partial charge on any atom is 0.407 e. The number of benzene rings is 1. The lowest BCUT2D eigenvalue weighted by atomic mass is 9.83. The first-order valence-electron chi connectivity index (χ1n) is 7.34. The smallest absolute Gasteiger partial charge is 0.407 e. The predicted molar refractivity (Wildman–Crippen MR) is 76.0 cm³/mol. The number of rotatable bonds is 1. The van der Waals surface area contributed by atoms with Crippen LogP contribution in [0.2, 0.25) is 0 Å². The van der Waals surface area contributed by atoms with E-state index in [2.05, 4.69) is 0 Å². The second-order valence-electron chi connectivity index (χ2n) is 6.02. The van der Waals surface area contributed by atoms with E-state index >= 15 is 0 Å². The van der Waals surface area contributed by atoms with Crippen molar-refractivity contribution in [1.82, 2.24) is 4.90 Å². The number of hydrogen-bond donors (Lipinski definition) is 1. The Hall–Kier alpha value is -2.13. The number of hydrogen-bond acceptors (Lipinski definition) is 3. The second-order valence-corrected chi connectivity index (χ2v) is 6.02. The van der Waals surface area contributed by atoms with Gasteiger partial charge in [0.05, 0.1) is 17.8 Å². The predicted octanol–water partition coefficient (Wildman–Crippen LogP) is 2.71. The molecule has 1 atom stereocenters. The minimum Gasteiger partial charge on any atom is -0.465 e. The van der Waals surface area contributed by atoms with E-state index in [1.54, 1.807) is 6.07 Å². The van der Waals surface area contributed by atoms with Crippen molar-refractivity contribution in [2.45, 2.75) is 30.8 Å². The number of likely N-dealkylation sites (tertiary alicyclic amines) is 1. The fourth-order valence-electron chi connectivity index (χ4n) is 3.39. The third kappa shape index (κ3) is 2.64. The molecule has 2 fully saturated rings. The zero-order valence-electron chi connectivity index (χ0n) is 12.1. The second kappa shape index (κ2) is 5.58. The molecule has 2 aliphatic rings. The normalized spacial score (nSPS) is 23.5. The summed E-state index contributed by atoms with van der Waals surface area (Å²) in [5.41, 5.74) is 0.599. The highest BCUT2D eigenvalue weighted by atomic mass is 19.1. The summed E-state index contributed by atoms with van der Waals surface area (Å²) < 4.78 is 19.7. The fraction of sp³-hybridized carbons (Fsp3) is 0.500. The van der Waals surface area contributed by atoms with Gasteiger partial charge in [-0.3, -0.25) is 0 Å². The van der Waals surface area contributed by atoms with Crippen LogP contribution in [0.1, 0.15) is 36.3 Å². The topological polar surface area (TPSA) is 73.6 Å². The maximum atomic E-state index is 13.7. The van der Waals surface area contributed by atoms with Crippen LogP contribution in [0.4, 0.5) is 9.18 Å². The third-order valence-corrected chi connectivity index (χ3v) is 4.74. The monoisotopic (exact) mass is 304 g/mol. The molecule has 1 amide bonds.